The van der Waals surface area contributed by atoms with Gasteiger partial charge in [-0.2, -0.15) is 13.2 Å². The van der Waals surface area contributed by atoms with Crippen molar-refractivity contribution in [3.05, 3.63) is 53.6 Å². The van der Waals surface area contributed by atoms with Gasteiger partial charge in [-0.15, -0.1) is 0 Å². The maximum absolute atomic E-state index is 13.8. The van der Waals surface area contributed by atoms with Crippen molar-refractivity contribution in [2.24, 2.45) is 16.1 Å². The summed E-state index contributed by atoms with van der Waals surface area (Å²) >= 11 is 0. The number of aromatic nitrogens is 1. The number of fused-ring (bicyclic) bond motifs is 3. The van der Waals surface area contributed by atoms with Crippen molar-refractivity contribution in [3.8, 4) is 11.1 Å². The summed E-state index contributed by atoms with van der Waals surface area (Å²) in [6.45, 7) is -1.50. The molecule has 1 saturated carbocycles. The predicted octanol–water partition coefficient (Wildman–Crippen LogP) is 3.93. The summed E-state index contributed by atoms with van der Waals surface area (Å²) in [5.41, 5.74) is 6.16. The minimum atomic E-state index is -4.63. The Balaban J connectivity index is 1.66. The van der Waals surface area contributed by atoms with Crippen LogP contribution in [0.4, 0.5) is 17.6 Å². The molecule has 2 heterocycles. The van der Waals surface area contributed by atoms with Gasteiger partial charge >= 0.3 is 6.18 Å². The zero-order chi connectivity index (χ0) is 24.3. The van der Waals surface area contributed by atoms with E-state index in [2.05, 4.69) is 9.98 Å². The second-order valence-corrected chi connectivity index (χ2v) is 9.34. The minimum Gasteiger partial charge on any atom is -0.381 e. The Hall–Kier alpha value is -3.01. The minimum absolute atomic E-state index is 0.0180. The average molecular weight is 476 g/mol. The summed E-state index contributed by atoms with van der Waals surface area (Å²) in [4.78, 5) is 22.8. The number of carbonyl (C=O) groups is 1. The van der Waals surface area contributed by atoms with Crippen LogP contribution in [0.15, 0.2) is 41.7 Å². The van der Waals surface area contributed by atoms with E-state index in [1.165, 1.54) is 12.3 Å². The molecule has 5 rings (SSSR count). The van der Waals surface area contributed by atoms with Crippen LogP contribution in [0.2, 0.25) is 0 Å². The summed E-state index contributed by atoms with van der Waals surface area (Å²) in [7, 11) is 1.63. The summed E-state index contributed by atoms with van der Waals surface area (Å²) < 4.78 is 59.3. The van der Waals surface area contributed by atoms with Gasteiger partial charge in [0, 0.05) is 24.3 Å². The zero-order valence-electron chi connectivity index (χ0n) is 18.5. The number of guanidine groups is 1. The number of hydrogen-bond donors (Lipinski definition) is 1. The summed E-state index contributed by atoms with van der Waals surface area (Å²) in [6.07, 6.45) is 0.895. The number of amides is 1. The Kier molecular flexibility index (Phi) is 5.20. The summed E-state index contributed by atoms with van der Waals surface area (Å²) in [5.74, 6) is -1.70. The van der Waals surface area contributed by atoms with E-state index in [-0.39, 0.29) is 6.10 Å². The lowest BCUT2D eigenvalue weighted by molar-refractivity contribution is -0.158. The smallest absolute Gasteiger partial charge is 0.381 e. The van der Waals surface area contributed by atoms with Crippen LogP contribution in [0.25, 0.3) is 11.1 Å². The van der Waals surface area contributed by atoms with Crippen molar-refractivity contribution in [3.63, 3.8) is 0 Å². The molecule has 1 aromatic heterocycles. The molecule has 1 aliphatic heterocycles. The molecule has 3 aliphatic rings. The highest BCUT2D eigenvalue weighted by molar-refractivity contribution is 6.08. The number of pyridine rings is 1. The SMILES string of the molecule is COC1CCC2(CC1)Cc1ccc(-c3cncc(F)c3)cc1C21N=C(N)N(CC(F)(F)F)C1=O. The van der Waals surface area contributed by atoms with Crippen LogP contribution in [-0.2, 0) is 21.5 Å². The molecule has 2 aromatic rings. The highest BCUT2D eigenvalue weighted by atomic mass is 19.4. The van der Waals surface area contributed by atoms with Gasteiger partial charge in [0.2, 0.25) is 0 Å². The molecular weight excluding hydrogens is 452 g/mol. The van der Waals surface area contributed by atoms with Crippen LogP contribution in [0.1, 0.15) is 36.8 Å². The highest BCUT2D eigenvalue weighted by Crippen LogP contribution is 2.62. The molecule has 1 unspecified atom stereocenters. The van der Waals surface area contributed by atoms with Gasteiger partial charge in [0.05, 0.1) is 12.3 Å². The fourth-order valence-electron chi connectivity index (χ4n) is 5.95. The molecule has 0 saturated heterocycles. The molecule has 0 bridgehead atoms. The Morgan fingerprint density at radius 1 is 1.18 bits per heavy atom. The number of rotatable bonds is 3. The summed E-state index contributed by atoms with van der Waals surface area (Å²) in [6, 6.07) is 6.71. The van der Waals surface area contributed by atoms with E-state index in [4.69, 9.17) is 10.5 Å². The Bertz CT molecular complexity index is 1170. The van der Waals surface area contributed by atoms with E-state index in [0.29, 0.717) is 53.7 Å². The first-order valence-electron chi connectivity index (χ1n) is 11.1. The van der Waals surface area contributed by atoms with E-state index in [1.54, 1.807) is 13.2 Å². The van der Waals surface area contributed by atoms with Gasteiger partial charge in [0.15, 0.2) is 11.5 Å². The number of carbonyl (C=O) groups excluding carboxylic acids is 1. The fraction of sp³-hybridized carbons (Fsp3) is 0.458. The van der Waals surface area contributed by atoms with Gasteiger partial charge < -0.3 is 10.5 Å². The average Bonchev–Trinajstić information content (AvgIpc) is 3.19. The number of nitrogens with zero attached hydrogens (tertiary/aromatic N) is 3. The second-order valence-electron chi connectivity index (χ2n) is 9.34. The van der Waals surface area contributed by atoms with Crippen LogP contribution in [0.5, 0.6) is 0 Å². The first kappa shape index (κ1) is 22.8. The first-order chi connectivity index (χ1) is 16.1. The van der Waals surface area contributed by atoms with Crippen LogP contribution in [-0.4, -0.2) is 47.7 Å². The van der Waals surface area contributed by atoms with Gasteiger partial charge in [0.25, 0.3) is 5.91 Å². The molecule has 1 aromatic carbocycles. The number of methoxy groups -OCH3 is 1. The van der Waals surface area contributed by atoms with E-state index in [1.807, 2.05) is 12.1 Å². The van der Waals surface area contributed by atoms with Crippen LogP contribution >= 0.6 is 0 Å². The van der Waals surface area contributed by atoms with Crippen molar-refractivity contribution in [1.82, 2.24) is 9.88 Å². The largest absolute Gasteiger partial charge is 0.406 e. The molecular formula is C24H24F4N4O2. The van der Waals surface area contributed by atoms with E-state index < -0.39 is 41.4 Å². The van der Waals surface area contributed by atoms with Crippen LogP contribution < -0.4 is 5.73 Å². The zero-order valence-corrected chi connectivity index (χ0v) is 18.5. The third-order valence-electron chi connectivity index (χ3n) is 7.51. The molecule has 6 nitrogen and oxygen atoms in total. The Morgan fingerprint density at radius 2 is 1.91 bits per heavy atom. The third-order valence-corrected chi connectivity index (χ3v) is 7.51. The van der Waals surface area contributed by atoms with Crippen molar-refractivity contribution in [2.45, 2.75) is 49.9 Å². The molecule has 1 atom stereocenters. The molecule has 10 heteroatoms. The molecule has 2 spiro atoms. The molecule has 1 fully saturated rings. The quantitative estimate of drug-likeness (QED) is 0.681. The number of aliphatic imine (C=N–C) groups is 1. The van der Waals surface area contributed by atoms with Crippen molar-refractivity contribution in [1.29, 1.82) is 0 Å². The molecule has 2 N–H and O–H groups in total. The van der Waals surface area contributed by atoms with Crippen LogP contribution in [0.3, 0.4) is 0 Å². The number of benzene rings is 1. The number of hydrogen-bond acceptors (Lipinski definition) is 5. The lowest BCUT2D eigenvalue weighted by atomic mass is 9.61. The van der Waals surface area contributed by atoms with Crippen LogP contribution in [0, 0.1) is 11.2 Å². The Morgan fingerprint density at radius 3 is 2.56 bits per heavy atom. The molecule has 2 aliphatic carbocycles. The highest BCUT2D eigenvalue weighted by Gasteiger charge is 2.67. The van der Waals surface area contributed by atoms with Gasteiger partial charge in [-0.05, 0) is 60.9 Å². The van der Waals surface area contributed by atoms with Crippen molar-refractivity contribution in [2.75, 3.05) is 13.7 Å². The fourth-order valence-corrected chi connectivity index (χ4v) is 5.95. The molecule has 0 radical (unpaired) electrons. The standard InChI is InChI=1S/C24H24F4N4O2/c1-34-18-4-6-22(7-5-18)10-15-3-2-14(16-8-17(25)12-30-11-16)9-19(15)24(22)20(33)32(21(29)31-24)13-23(26,27)28/h2-3,8-9,11-12,18H,4-7,10,13H2,1H3,(H2,29,31). The van der Waals surface area contributed by atoms with E-state index >= 15 is 0 Å². The van der Waals surface area contributed by atoms with Gasteiger partial charge in [-0.3, -0.25) is 14.7 Å². The molecule has 34 heavy (non-hydrogen) atoms. The van der Waals surface area contributed by atoms with Gasteiger partial charge in [-0.25, -0.2) is 9.38 Å². The lowest BCUT2D eigenvalue weighted by Crippen LogP contribution is -2.53. The number of nitrogens with two attached hydrogens (primary N) is 1. The molecule has 180 valence electrons. The summed E-state index contributed by atoms with van der Waals surface area (Å²) in [5, 5.41) is 0. The van der Waals surface area contributed by atoms with E-state index in [9.17, 15) is 22.4 Å². The van der Waals surface area contributed by atoms with Crippen molar-refractivity contribution < 1.29 is 27.1 Å². The maximum atomic E-state index is 13.8. The predicted molar refractivity (Wildman–Crippen MR) is 116 cm³/mol. The van der Waals surface area contributed by atoms with Crippen molar-refractivity contribution >= 4 is 11.9 Å². The molecule has 1 amide bonds. The lowest BCUT2D eigenvalue weighted by Gasteiger charge is -2.45. The normalized spacial score (nSPS) is 28.6. The first-order valence-corrected chi connectivity index (χ1v) is 11.1. The number of alkyl halides is 3. The second kappa shape index (κ2) is 7.76. The topological polar surface area (TPSA) is 80.8 Å². The monoisotopic (exact) mass is 476 g/mol. The van der Waals surface area contributed by atoms with E-state index in [0.717, 1.165) is 11.8 Å². The van der Waals surface area contributed by atoms with Gasteiger partial charge in [-0.1, -0.05) is 12.1 Å². The number of ether oxygens (including phenoxy) is 1. The maximum Gasteiger partial charge on any atom is 0.406 e. The number of halogens is 4. The van der Waals surface area contributed by atoms with Gasteiger partial charge in [0.1, 0.15) is 12.4 Å². The Labute approximate surface area is 193 Å². The third kappa shape index (κ3) is 3.38.